The molecule has 0 aliphatic carbocycles. The van der Waals surface area contributed by atoms with Crippen LogP contribution in [-0.2, 0) is 28.6 Å². The van der Waals surface area contributed by atoms with Gasteiger partial charge in [-0.1, -0.05) is 315 Å². The van der Waals surface area contributed by atoms with Crippen molar-refractivity contribution >= 4 is 17.9 Å². The first-order valence-electron chi connectivity index (χ1n) is 33.8. The summed E-state index contributed by atoms with van der Waals surface area (Å²) in [7, 11) is 0. The maximum atomic E-state index is 12.8. The lowest BCUT2D eigenvalue weighted by Crippen LogP contribution is -2.30. The number of hydrogen-bond donors (Lipinski definition) is 0. The van der Waals surface area contributed by atoms with E-state index in [-0.39, 0.29) is 31.1 Å². The Morgan fingerprint density at radius 3 is 0.693 bits per heavy atom. The Kier molecular flexibility index (Phi) is 62.6. The first-order chi connectivity index (χ1) is 37.0. The summed E-state index contributed by atoms with van der Waals surface area (Å²) in [6.45, 7) is 6.63. The molecule has 0 aliphatic heterocycles. The second-order valence-corrected chi connectivity index (χ2v) is 23.1. The van der Waals surface area contributed by atoms with Crippen molar-refractivity contribution in [2.24, 2.45) is 0 Å². The highest BCUT2D eigenvalue weighted by molar-refractivity contribution is 5.71. The van der Waals surface area contributed by atoms with Crippen molar-refractivity contribution < 1.29 is 28.6 Å². The third kappa shape index (κ3) is 62.6. The van der Waals surface area contributed by atoms with Crippen molar-refractivity contribution in [2.45, 2.75) is 386 Å². The molecule has 0 amide bonds. The number of esters is 3. The van der Waals surface area contributed by atoms with Crippen molar-refractivity contribution in [3.8, 4) is 0 Å². The quantitative estimate of drug-likeness (QED) is 0.0261. The van der Waals surface area contributed by atoms with Crippen LogP contribution in [0, 0.1) is 0 Å². The van der Waals surface area contributed by atoms with E-state index < -0.39 is 6.10 Å². The molecule has 0 spiro atoms. The molecule has 1 unspecified atom stereocenters. The minimum absolute atomic E-state index is 0.0729. The van der Waals surface area contributed by atoms with Crippen LogP contribution < -0.4 is 0 Å². The molecule has 0 bridgehead atoms. The molecule has 6 nitrogen and oxygen atoms in total. The van der Waals surface area contributed by atoms with E-state index in [4.69, 9.17) is 14.2 Å². The van der Waals surface area contributed by atoms with Crippen LogP contribution in [-0.4, -0.2) is 37.2 Å². The van der Waals surface area contributed by atoms with Crippen molar-refractivity contribution in [3.05, 3.63) is 24.3 Å². The maximum absolute atomic E-state index is 12.8. The molecule has 0 aromatic rings. The number of hydrogen-bond acceptors (Lipinski definition) is 6. The van der Waals surface area contributed by atoms with Crippen molar-refractivity contribution in [2.75, 3.05) is 13.2 Å². The summed E-state index contributed by atoms with van der Waals surface area (Å²) in [5, 5.41) is 0. The summed E-state index contributed by atoms with van der Waals surface area (Å²) >= 11 is 0. The van der Waals surface area contributed by atoms with Gasteiger partial charge in [0.1, 0.15) is 13.2 Å². The smallest absolute Gasteiger partial charge is 0.306 e. The lowest BCUT2D eigenvalue weighted by Gasteiger charge is -2.18. The van der Waals surface area contributed by atoms with Crippen molar-refractivity contribution in [1.82, 2.24) is 0 Å². The molecule has 0 rings (SSSR count). The van der Waals surface area contributed by atoms with Gasteiger partial charge in [0, 0.05) is 19.3 Å². The minimum Gasteiger partial charge on any atom is -0.462 e. The number of rotatable bonds is 63. The lowest BCUT2D eigenvalue weighted by molar-refractivity contribution is -0.167. The van der Waals surface area contributed by atoms with E-state index in [0.717, 1.165) is 70.6 Å². The Morgan fingerprint density at radius 2 is 0.440 bits per heavy atom. The van der Waals surface area contributed by atoms with E-state index in [1.807, 2.05) is 0 Å². The molecule has 0 saturated carbocycles. The Balaban J connectivity index is 3.99. The van der Waals surface area contributed by atoms with Crippen LogP contribution in [0.4, 0.5) is 0 Å². The first-order valence-corrected chi connectivity index (χ1v) is 33.8. The Bertz CT molecular complexity index is 1210. The van der Waals surface area contributed by atoms with E-state index in [2.05, 4.69) is 45.1 Å². The first kappa shape index (κ1) is 72.9. The fourth-order valence-electron chi connectivity index (χ4n) is 10.3. The molecule has 1 atom stereocenters. The van der Waals surface area contributed by atoms with Gasteiger partial charge in [0.15, 0.2) is 6.10 Å². The average molecular weight is 1060 g/mol. The SMILES string of the molecule is CCCCC/C=C\CCCCCCCC(=O)OCC(COC(=O)CCCCCCCCCCCCCCCCCCCCCCCCCCCCCCCCCCC)OC(=O)CCCCCCC/C=C\CCCCC. The van der Waals surface area contributed by atoms with Gasteiger partial charge in [-0.3, -0.25) is 14.4 Å². The fourth-order valence-corrected chi connectivity index (χ4v) is 10.3. The minimum atomic E-state index is -0.775. The van der Waals surface area contributed by atoms with E-state index in [1.54, 1.807) is 0 Å². The summed E-state index contributed by atoms with van der Waals surface area (Å²) in [6.07, 6.45) is 78.0. The van der Waals surface area contributed by atoms with Gasteiger partial charge in [-0.2, -0.15) is 0 Å². The van der Waals surface area contributed by atoms with Gasteiger partial charge in [-0.05, 0) is 70.6 Å². The molecule has 0 aromatic heterocycles. The van der Waals surface area contributed by atoms with Gasteiger partial charge in [-0.25, -0.2) is 0 Å². The number of ether oxygens (including phenoxy) is 3. The largest absolute Gasteiger partial charge is 0.462 e. The molecular weight excluding hydrogens is 925 g/mol. The topological polar surface area (TPSA) is 78.9 Å². The zero-order chi connectivity index (χ0) is 54.3. The predicted octanol–water partition coefficient (Wildman–Crippen LogP) is 23.0. The Morgan fingerprint density at radius 1 is 0.253 bits per heavy atom. The zero-order valence-corrected chi connectivity index (χ0v) is 50.8. The van der Waals surface area contributed by atoms with Crippen LogP contribution in [0.15, 0.2) is 24.3 Å². The fraction of sp³-hybridized carbons (Fsp3) is 0.899. The summed E-state index contributed by atoms with van der Waals surface area (Å²) in [5.74, 6) is -0.870. The van der Waals surface area contributed by atoms with Crippen LogP contribution in [0.2, 0.25) is 0 Å². The second-order valence-electron chi connectivity index (χ2n) is 23.1. The predicted molar refractivity (Wildman–Crippen MR) is 326 cm³/mol. The molecule has 0 saturated heterocycles. The monoisotopic (exact) mass is 1050 g/mol. The van der Waals surface area contributed by atoms with Crippen LogP contribution >= 0.6 is 0 Å². The summed E-state index contributed by atoms with van der Waals surface area (Å²) in [6, 6.07) is 0. The van der Waals surface area contributed by atoms with E-state index in [0.29, 0.717) is 19.3 Å². The molecule has 0 fully saturated rings. The normalized spacial score (nSPS) is 12.1. The highest BCUT2D eigenvalue weighted by atomic mass is 16.6. The van der Waals surface area contributed by atoms with E-state index >= 15 is 0 Å². The van der Waals surface area contributed by atoms with Gasteiger partial charge < -0.3 is 14.2 Å². The van der Waals surface area contributed by atoms with Crippen LogP contribution in [0.5, 0.6) is 0 Å². The van der Waals surface area contributed by atoms with Crippen molar-refractivity contribution in [3.63, 3.8) is 0 Å². The number of unbranched alkanes of at least 4 members (excludes halogenated alkanes) is 48. The molecule has 0 radical (unpaired) electrons. The standard InChI is InChI=1S/C69H130O6/c1-4-7-10-13-16-19-22-25-26-27-28-29-30-31-32-33-34-35-36-37-38-39-40-41-42-43-44-45-48-50-53-56-59-62-68(71)74-65-66(75-69(72)63-60-57-54-51-47-24-21-18-15-12-9-6-3)64-73-67(70)61-58-55-52-49-46-23-20-17-14-11-8-5-2/h17-18,20-21,66H,4-16,19,22-65H2,1-3H3/b20-17-,21-18-. The summed E-state index contributed by atoms with van der Waals surface area (Å²) < 4.78 is 16.9. The number of carbonyl (C=O) groups excluding carboxylic acids is 3. The van der Waals surface area contributed by atoms with Crippen LogP contribution in [0.1, 0.15) is 380 Å². The van der Waals surface area contributed by atoms with Crippen molar-refractivity contribution in [1.29, 1.82) is 0 Å². The Hall–Kier alpha value is -2.11. The van der Waals surface area contributed by atoms with Gasteiger partial charge >= 0.3 is 17.9 Å². The molecule has 0 N–H and O–H groups in total. The van der Waals surface area contributed by atoms with E-state index in [9.17, 15) is 14.4 Å². The third-order valence-corrected chi connectivity index (χ3v) is 15.4. The molecule has 0 heterocycles. The average Bonchev–Trinajstić information content (AvgIpc) is 3.41. The molecule has 75 heavy (non-hydrogen) atoms. The highest BCUT2D eigenvalue weighted by Gasteiger charge is 2.19. The molecule has 442 valence electrons. The van der Waals surface area contributed by atoms with Crippen LogP contribution in [0.3, 0.4) is 0 Å². The zero-order valence-electron chi connectivity index (χ0n) is 50.8. The van der Waals surface area contributed by atoms with Gasteiger partial charge in [0.2, 0.25) is 0 Å². The summed E-state index contributed by atoms with van der Waals surface area (Å²) in [4.78, 5) is 38.2. The molecule has 0 aliphatic rings. The molecular formula is C69H130O6. The van der Waals surface area contributed by atoms with E-state index in [1.165, 1.54) is 270 Å². The Labute approximate surface area is 468 Å². The van der Waals surface area contributed by atoms with Gasteiger partial charge in [-0.15, -0.1) is 0 Å². The number of allylic oxidation sites excluding steroid dienone is 4. The van der Waals surface area contributed by atoms with Crippen LogP contribution in [0.25, 0.3) is 0 Å². The lowest BCUT2D eigenvalue weighted by atomic mass is 10.0. The number of carbonyl (C=O) groups is 3. The summed E-state index contributed by atoms with van der Waals surface area (Å²) in [5.41, 5.74) is 0. The maximum Gasteiger partial charge on any atom is 0.306 e. The highest BCUT2D eigenvalue weighted by Crippen LogP contribution is 2.19. The molecule has 6 heteroatoms. The van der Waals surface area contributed by atoms with Gasteiger partial charge in [0.05, 0.1) is 0 Å². The third-order valence-electron chi connectivity index (χ3n) is 15.4. The van der Waals surface area contributed by atoms with Gasteiger partial charge in [0.25, 0.3) is 0 Å². The molecule has 0 aromatic carbocycles. The second kappa shape index (κ2) is 64.4.